The molecule has 0 spiro atoms. The van der Waals surface area contributed by atoms with Crippen LogP contribution in [0.1, 0.15) is 11.1 Å². The van der Waals surface area contributed by atoms with Crippen molar-refractivity contribution in [3.63, 3.8) is 0 Å². The van der Waals surface area contributed by atoms with E-state index in [0.717, 1.165) is 11.1 Å². The highest BCUT2D eigenvalue weighted by atomic mass is 32.2. The Morgan fingerprint density at radius 3 is 2.50 bits per heavy atom. The first-order valence-electron chi connectivity index (χ1n) is 8.91. The second-order valence-corrected chi connectivity index (χ2v) is 7.23. The Morgan fingerprint density at radius 1 is 1.07 bits per heavy atom. The predicted molar refractivity (Wildman–Crippen MR) is 112 cm³/mol. The molecule has 148 valence electrons. The molecule has 0 bridgehead atoms. The van der Waals surface area contributed by atoms with Crippen molar-refractivity contribution in [2.75, 3.05) is 27.9 Å². The van der Waals surface area contributed by atoms with Crippen LogP contribution in [0.4, 0.5) is 0 Å². The maximum atomic E-state index is 12.9. The fourth-order valence-corrected chi connectivity index (χ4v) is 4.05. The molecule has 6 nitrogen and oxygen atoms in total. The lowest BCUT2D eigenvalue weighted by molar-refractivity contribution is 0.183. The zero-order valence-corrected chi connectivity index (χ0v) is 17.3. The number of ether oxygens (including phenoxy) is 3. The fraction of sp³-hybridized carbons (Fsp3) is 0.333. The van der Waals surface area contributed by atoms with Gasteiger partial charge in [0.1, 0.15) is 0 Å². The molecule has 28 heavy (non-hydrogen) atoms. The molecule has 0 N–H and O–H groups in total. The first-order chi connectivity index (χ1) is 13.6. The fourth-order valence-electron chi connectivity index (χ4n) is 2.96. The van der Waals surface area contributed by atoms with Crippen LogP contribution in [0.25, 0.3) is 10.9 Å². The minimum Gasteiger partial charge on any atom is -0.493 e. The van der Waals surface area contributed by atoms with Crippen LogP contribution in [0.3, 0.4) is 0 Å². The standard InChI is InChI=1S/C21H24N2O4S/c1-14-11-18(26-3)19(27-4)12-15(14)13-28-21-22-17-8-6-5-7-16(17)20(24)23(21)9-10-25-2/h5-8,11-12H,9-10,13H2,1-4H3. The van der Waals surface area contributed by atoms with E-state index in [1.54, 1.807) is 32.0 Å². The molecule has 1 aromatic heterocycles. The molecule has 7 heteroatoms. The summed E-state index contributed by atoms with van der Waals surface area (Å²) in [4.78, 5) is 17.7. The molecule has 0 saturated heterocycles. The summed E-state index contributed by atoms with van der Waals surface area (Å²) in [6, 6.07) is 11.3. The molecular formula is C21H24N2O4S. The lowest BCUT2D eigenvalue weighted by Crippen LogP contribution is -2.25. The lowest BCUT2D eigenvalue weighted by atomic mass is 10.1. The number of hydrogen-bond donors (Lipinski definition) is 0. The van der Waals surface area contributed by atoms with Crippen molar-refractivity contribution in [2.45, 2.75) is 24.4 Å². The smallest absolute Gasteiger partial charge is 0.262 e. The number of fused-ring (bicyclic) bond motifs is 1. The molecule has 0 atom stereocenters. The van der Waals surface area contributed by atoms with Crippen LogP contribution >= 0.6 is 11.8 Å². The van der Waals surface area contributed by atoms with Crippen LogP contribution in [-0.4, -0.2) is 37.5 Å². The summed E-state index contributed by atoms with van der Waals surface area (Å²) < 4.78 is 17.6. The Hall–Kier alpha value is -2.51. The highest BCUT2D eigenvalue weighted by Gasteiger charge is 2.14. The number of rotatable bonds is 8. The van der Waals surface area contributed by atoms with Crippen LogP contribution in [-0.2, 0) is 17.0 Å². The number of methoxy groups -OCH3 is 3. The van der Waals surface area contributed by atoms with E-state index in [2.05, 4.69) is 0 Å². The number of hydrogen-bond acceptors (Lipinski definition) is 6. The zero-order chi connectivity index (χ0) is 20.1. The van der Waals surface area contributed by atoms with Gasteiger partial charge in [0.15, 0.2) is 16.7 Å². The van der Waals surface area contributed by atoms with Gasteiger partial charge in [-0.1, -0.05) is 23.9 Å². The third-order valence-electron chi connectivity index (χ3n) is 4.54. The topological polar surface area (TPSA) is 62.6 Å². The summed E-state index contributed by atoms with van der Waals surface area (Å²) in [6.07, 6.45) is 0. The van der Waals surface area contributed by atoms with E-state index in [-0.39, 0.29) is 5.56 Å². The van der Waals surface area contributed by atoms with Gasteiger partial charge in [0.2, 0.25) is 0 Å². The molecule has 0 unspecified atom stereocenters. The molecule has 3 rings (SSSR count). The Bertz CT molecular complexity index is 1030. The van der Waals surface area contributed by atoms with E-state index in [1.807, 2.05) is 37.3 Å². The van der Waals surface area contributed by atoms with Gasteiger partial charge >= 0.3 is 0 Å². The van der Waals surface area contributed by atoms with Crippen molar-refractivity contribution >= 4 is 22.7 Å². The highest BCUT2D eigenvalue weighted by molar-refractivity contribution is 7.98. The van der Waals surface area contributed by atoms with Crippen LogP contribution in [0.15, 0.2) is 46.3 Å². The number of thioether (sulfide) groups is 1. The van der Waals surface area contributed by atoms with Crippen LogP contribution < -0.4 is 15.0 Å². The summed E-state index contributed by atoms with van der Waals surface area (Å²) in [7, 11) is 4.87. The average molecular weight is 401 g/mol. The van der Waals surface area contributed by atoms with Gasteiger partial charge in [0.05, 0.1) is 38.3 Å². The van der Waals surface area contributed by atoms with Gasteiger partial charge in [-0.3, -0.25) is 9.36 Å². The monoisotopic (exact) mass is 400 g/mol. The summed E-state index contributed by atoms with van der Waals surface area (Å²) in [5.41, 5.74) is 2.85. The third-order valence-corrected chi connectivity index (χ3v) is 5.57. The highest BCUT2D eigenvalue weighted by Crippen LogP contribution is 2.33. The van der Waals surface area contributed by atoms with Gasteiger partial charge < -0.3 is 14.2 Å². The third kappa shape index (κ3) is 4.15. The van der Waals surface area contributed by atoms with Gasteiger partial charge in [-0.15, -0.1) is 0 Å². The normalized spacial score (nSPS) is 11.0. The minimum absolute atomic E-state index is 0.0471. The molecule has 2 aromatic carbocycles. The van der Waals surface area contributed by atoms with E-state index in [9.17, 15) is 4.79 Å². The maximum absolute atomic E-state index is 12.9. The van der Waals surface area contributed by atoms with Crippen molar-refractivity contribution in [3.05, 3.63) is 57.9 Å². The summed E-state index contributed by atoms with van der Waals surface area (Å²) in [5.74, 6) is 2.05. The number of nitrogens with zero attached hydrogens (tertiary/aromatic N) is 2. The van der Waals surface area contributed by atoms with E-state index in [0.29, 0.717) is 46.5 Å². The molecule has 1 heterocycles. The Morgan fingerprint density at radius 2 is 1.79 bits per heavy atom. The summed E-state index contributed by atoms with van der Waals surface area (Å²) in [5, 5.41) is 1.29. The molecule has 0 aliphatic heterocycles. The number of aromatic nitrogens is 2. The van der Waals surface area contributed by atoms with Crippen molar-refractivity contribution in [1.29, 1.82) is 0 Å². The SMILES string of the molecule is COCCn1c(SCc2cc(OC)c(OC)cc2C)nc2ccccc2c1=O. The second kappa shape index (κ2) is 9.12. The predicted octanol–water partition coefficient (Wildman–Crippen LogP) is 3.66. The lowest BCUT2D eigenvalue weighted by Gasteiger charge is -2.15. The summed E-state index contributed by atoms with van der Waals surface area (Å²) in [6.45, 7) is 2.94. The average Bonchev–Trinajstić information content (AvgIpc) is 2.72. The zero-order valence-electron chi connectivity index (χ0n) is 16.5. The second-order valence-electron chi connectivity index (χ2n) is 6.28. The van der Waals surface area contributed by atoms with Gasteiger partial charge in [-0.2, -0.15) is 0 Å². The summed E-state index contributed by atoms with van der Waals surface area (Å²) >= 11 is 1.53. The quantitative estimate of drug-likeness (QED) is 0.425. The molecule has 0 amide bonds. The minimum atomic E-state index is -0.0471. The largest absolute Gasteiger partial charge is 0.493 e. The van der Waals surface area contributed by atoms with Gasteiger partial charge in [0, 0.05) is 12.9 Å². The van der Waals surface area contributed by atoms with E-state index >= 15 is 0 Å². The Balaban J connectivity index is 1.97. The van der Waals surface area contributed by atoms with Crippen molar-refractivity contribution in [2.24, 2.45) is 0 Å². The first-order valence-corrected chi connectivity index (χ1v) is 9.90. The van der Waals surface area contributed by atoms with Gasteiger partial charge in [-0.05, 0) is 42.3 Å². The molecule has 0 fully saturated rings. The van der Waals surface area contributed by atoms with Gasteiger partial charge in [-0.25, -0.2) is 4.98 Å². The molecule has 0 aliphatic rings. The van der Waals surface area contributed by atoms with E-state index < -0.39 is 0 Å². The molecule has 0 saturated carbocycles. The Kier molecular flexibility index (Phi) is 6.59. The number of benzene rings is 2. The molecule has 3 aromatic rings. The molecule has 0 aliphatic carbocycles. The molecular weight excluding hydrogens is 376 g/mol. The van der Waals surface area contributed by atoms with Crippen LogP contribution in [0.2, 0.25) is 0 Å². The van der Waals surface area contributed by atoms with Crippen LogP contribution in [0.5, 0.6) is 11.5 Å². The van der Waals surface area contributed by atoms with Crippen molar-refractivity contribution in [1.82, 2.24) is 9.55 Å². The Labute approximate surface area is 168 Å². The van der Waals surface area contributed by atoms with E-state index in [1.165, 1.54) is 11.8 Å². The number of para-hydroxylation sites is 1. The van der Waals surface area contributed by atoms with Gasteiger partial charge in [0.25, 0.3) is 5.56 Å². The first kappa shape index (κ1) is 20.2. The van der Waals surface area contributed by atoms with Crippen molar-refractivity contribution < 1.29 is 14.2 Å². The maximum Gasteiger partial charge on any atom is 0.262 e. The van der Waals surface area contributed by atoms with Crippen molar-refractivity contribution in [3.8, 4) is 11.5 Å². The van der Waals surface area contributed by atoms with Crippen LogP contribution in [0, 0.1) is 6.92 Å². The molecule has 0 radical (unpaired) electrons. The number of aryl methyl sites for hydroxylation is 1. The van der Waals surface area contributed by atoms with E-state index in [4.69, 9.17) is 19.2 Å².